The number of nitrogens with zero attached hydrogens (tertiary/aromatic N) is 4. The van der Waals surface area contributed by atoms with Crippen LogP contribution in [-0.2, 0) is 9.63 Å². The summed E-state index contributed by atoms with van der Waals surface area (Å²) in [4.78, 5) is 50.4. The zero-order chi connectivity index (χ0) is 19.5. The van der Waals surface area contributed by atoms with Crippen molar-refractivity contribution in [3.63, 3.8) is 0 Å². The lowest BCUT2D eigenvalue weighted by atomic mass is 10.1. The van der Waals surface area contributed by atoms with Crippen LogP contribution in [0, 0.1) is 0 Å². The van der Waals surface area contributed by atoms with Gasteiger partial charge in [-0.15, -0.1) is 0 Å². The molecule has 0 atom stereocenters. The van der Waals surface area contributed by atoms with Crippen molar-refractivity contribution in [2.75, 3.05) is 37.6 Å². The maximum Gasteiger partial charge on any atom is 0.334 e. The van der Waals surface area contributed by atoms with Crippen molar-refractivity contribution in [2.24, 2.45) is 0 Å². The van der Waals surface area contributed by atoms with Crippen LogP contribution < -0.4 is 4.90 Å². The molecule has 8 heteroatoms. The second-order valence-electron chi connectivity index (χ2n) is 6.68. The van der Waals surface area contributed by atoms with Crippen molar-refractivity contribution in [3.05, 3.63) is 59.8 Å². The number of benzene rings is 1. The topological polar surface area (TPSA) is 83.1 Å². The average Bonchev–Trinajstić information content (AvgIpc) is 2.98. The predicted molar refractivity (Wildman–Crippen MR) is 101 cm³/mol. The minimum absolute atomic E-state index is 0.108. The monoisotopic (exact) mass is 380 g/mol. The molecule has 0 spiro atoms. The lowest BCUT2D eigenvalue weighted by Crippen LogP contribution is -2.47. The normalized spacial score (nSPS) is 17.0. The zero-order valence-electron chi connectivity index (χ0n) is 15.3. The summed E-state index contributed by atoms with van der Waals surface area (Å²) >= 11 is 0. The van der Waals surface area contributed by atoms with E-state index in [4.69, 9.17) is 4.84 Å². The predicted octanol–water partition coefficient (Wildman–Crippen LogP) is 1.35. The fourth-order valence-corrected chi connectivity index (χ4v) is 3.39. The molecule has 1 saturated heterocycles. The molecule has 0 radical (unpaired) electrons. The van der Waals surface area contributed by atoms with E-state index in [-0.39, 0.29) is 17.5 Å². The standard InChI is InChI=1S/C20H20N4O4/c25-18(28-24-19(26)15-5-1-2-6-16(15)20(24)27)8-10-22-11-13-23(14-12-22)17-7-3-4-9-21-17/h1-7,9H,8,10-14H2. The molecule has 8 nitrogen and oxygen atoms in total. The van der Waals surface area contributed by atoms with E-state index >= 15 is 0 Å². The highest BCUT2D eigenvalue weighted by Crippen LogP contribution is 2.23. The number of amides is 2. The highest BCUT2D eigenvalue weighted by Gasteiger charge is 2.38. The lowest BCUT2D eigenvalue weighted by molar-refractivity contribution is -0.168. The fourth-order valence-electron chi connectivity index (χ4n) is 3.39. The number of aromatic nitrogens is 1. The molecule has 2 aliphatic rings. The molecule has 4 rings (SSSR count). The molecule has 0 bridgehead atoms. The van der Waals surface area contributed by atoms with Crippen molar-refractivity contribution < 1.29 is 19.2 Å². The molecule has 0 saturated carbocycles. The Kier molecular flexibility index (Phi) is 5.03. The van der Waals surface area contributed by atoms with Crippen LogP contribution in [0.4, 0.5) is 5.82 Å². The number of pyridine rings is 1. The molecule has 2 aromatic rings. The van der Waals surface area contributed by atoms with Crippen LogP contribution in [0.5, 0.6) is 0 Å². The minimum atomic E-state index is -0.599. The summed E-state index contributed by atoms with van der Waals surface area (Å²) in [5.41, 5.74) is 0.511. The maximum absolute atomic E-state index is 12.2. The van der Waals surface area contributed by atoms with Gasteiger partial charge < -0.3 is 9.74 Å². The second-order valence-corrected chi connectivity index (χ2v) is 6.68. The Labute approximate surface area is 162 Å². The van der Waals surface area contributed by atoms with Gasteiger partial charge in [0, 0.05) is 38.9 Å². The van der Waals surface area contributed by atoms with E-state index in [0.717, 1.165) is 32.0 Å². The van der Waals surface area contributed by atoms with Gasteiger partial charge in [0.15, 0.2) is 0 Å². The van der Waals surface area contributed by atoms with E-state index in [1.54, 1.807) is 30.5 Å². The number of piperazine rings is 1. The van der Waals surface area contributed by atoms with Crippen LogP contribution >= 0.6 is 0 Å². The van der Waals surface area contributed by atoms with E-state index in [1.807, 2.05) is 18.2 Å². The first-order valence-electron chi connectivity index (χ1n) is 9.20. The Bertz CT molecular complexity index is 859. The minimum Gasteiger partial charge on any atom is -0.354 e. The van der Waals surface area contributed by atoms with Gasteiger partial charge in [-0.1, -0.05) is 23.3 Å². The zero-order valence-corrected chi connectivity index (χ0v) is 15.3. The van der Waals surface area contributed by atoms with Gasteiger partial charge in [-0.05, 0) is 24.3 Å². The molecule has 0 unspecified atom stereocenters. The highest BCUT2D eigenvalue weighted by atomic mass is 16.7. The first kappa shape index (κ1) is 18.1. The van der Waals surface area contributed by atoms with Crippen molar-refractivity contribution in [3.8, 4) is 0 Å². The highest BCUT2D eigenvalue weighted by molar-refractivity contribution is 6.20. The second kappa shape index (κ2) is 7.77. The van der Waals surface area contributed by atoms with E-state index in [0.29, 0.717) is 11.6 Å². The molecule has 2 aliphatic heterocycles. The van der Waals surface area contributed by atoms with E-state index < -0.39 is 17.8 Å². The number of carbonyl (C=O) groups is 3. The molecular formula is C20H20N4O4. The quantitative estimate of drug-likeness (QED) is 0.724. The third kappa shape index (κ3) is 3.59. The average molecular weight is 380 g/mol. The number of carbonyl (C=O) groups excluding carboxylic acids is 3. The molecule has 3 heterocycles. The SMILES string of the molecule is O=C(CCN1CCN(c2ccccn2)CC1)ON1C(=O)c2ccccc2C1=O. The van der Waals surface area contributed by atoms with Crippen molar-refractivity contribution >= 4 is 23.6 Å². The molecule has 144 valence electrons. The number of fused-ring (bicyclic) bond motifs is 1. The number of imide groups is 1. The smallest absolute Gasteiger partial charge is 0.334 e. The molecule has 1 aromatic heterocycles. The Hall–Kier alpha value is -3.26. The van der Waals surface area contributed by atoms with Crippen LogP contribution in [0.15, 0.2) is 48.7 Å². The summed E-state index contributed by atoms with van der Waals surface area (Å²) in [5, 5.41) is 0.562. The number of hydrogen-bond acceptors (Lipinski definition) is 7. The number of hydroxylamine groups is 2. The number of rotatable bonds is 5. The molecule has 0 aliphatic carbocycles. The van der Waals surface area contributed by atoms with Crippen LogP contribution in [0.1, 0.15) is 27.1 Å². The fraction of sp³-hybridized carbons (Fsp3) is 0.300. The third-order valence-corrected chi connectivity index (χ3v) is 4.93. The summed E-state index contributed by atoms with van der Waals surface area (Å²) in [6.45, 7) is 3.76. The van der Waals surface area contributed by atoms with Gasteiger partial charge >= 0.3 is 5.97 Å². The van der Waals surface area contributed by atoms with Gasteiger partial charge in [0.25, 0.3) is 11.8 Å². The van der Waals surface area contributed by atoms with Gasteiger partial charge in [-0.25, -0.2) is 9.78 Å². The van der Waals surface area contributed by atoms with Gasteiger partial charge in [0.2, 0.25) is 0 Å². The summed E-state index contributed by atoms with van der Waals surface area (Å²) in [6.07, 6.45) is 1.88. The van der Waals surface area contributed by atoms with Crippen molar-refractivity contribution in [1.29, 1.82) is 0 Å². The molecule has 1 fully saturated rings. The number of hydrogen-bond donors (Lipinski definition) is 0. The van der Waals surface area contributed by atoms with E-state index in [9.17, 15) is 14.4 Å². The van der Waals surface area contributed by atoms with Crippen LogP contribution in [-0.4, -0.2) is 65.5 Å². The first-order valence-corrected chi connectivity index (χ1v) is 9.20. The molecule has 28 heavy (non-hydrogen) atoms. The third-order valence-electron chi connectivity index (χ3n) is 4.93. The summed E-state index contributed by atoms with van der Waals surface area (Å²) in [6, 6.07) is 12.3. The summed E-state index contributed by atoms with van der Waals surface area (Å²) in [5.74, 6) is -0.843. The molecule has 1 aromatic carbocycles. The Morgan fingerprint density at radius 3 is 2.18 bits per heavy atom. The maximum atomic E-state index is 12.2. The molecule has 2 amide bonds. The van der Waals surface area contributed by atoms with Crippen LogP contribution in [0.2, 0.25) is 0 Å². The van der Waals surface area contributed by atoms with Crippen molar-refractivity contribution in [2.45, 2.75) is 6.42 Å². The molecular weight excluding hydrogens is 360 g/mol. The van der Waals surface area contributed by atoms with Crippen LogP contribution in [0.25, 0.3) is 0 Å². The van der Waals surface area contributed by atoms with Gasteiger partial charge in [0.1, 0.15) is 5.82 Å². The van der Waals surface area contributed by atoms with Crippen molar-refractivity contribution in [1.82, 2.24) is 14.9 Å². The van der Waals surface area contributed by atoms with E-state index in [1.165, 1.54) is 0 Å². The first-order chi connectivity index (χ1) is 13.6. The summed E-state index contributed by atoms with van der Waals surface area (Å²) in [7, 11) is 0. The lowest BCUT2D eigenvalue weighted by Gasteiger charge is -2.35. The Balaban J connectivity index is 1.25. The molecule has 0 N–H and O–H groups in total. The van der Waals surface area contributed by atoms with Gasteiger partial charge in [0.05, 0.1) is 17.5 Å². The Morgan fingerprint density at radius 1 is 0.929 bits per heavy atom. The van der Waals surface area contributed by atoms with Gasteiger partial charge in [-0.2, -0.15) is 0 Å². The Morgan fingerprint density at radius 2 is 1.57 bits per heavy atom. The largest absolute Gasteiger partial charge is 0.354 e. The summed E-state index contributed by atoms with van der Waals surface area (Å²) < 4.78 is 0. The van der Waals surface area contributed by atoms with Crippen LogP contribution in [0.3, 0.4) is 0 Å². The van der Waals surface area contributed by atoms with E-state index in [2.05, 4.69) is 14.8 Å². The number of anilines is 1. The van der Waals surface area contributed by atoms with Gasteiger partial charge in [-0.3, -0.25) is 14.5 Å².